The van der Waals surface area contributed by atoms with Crippen molar-refractivity contribution in [3.63, 3.8) is 0 Å². The van der Waals surface area contributed by atoms with Crippen LogP contribution >= 0.6 is 11.3 Å². The first kappa shape index (κ1) is 18.2. The molecule has 1 saturated carbocycles. The van der Waals surface area contributed by atoms with Crippen LogP contribution in [0.3, 0.4) is 0 Å². The minimum Gasteiger partial charge on any atom is -0.353 e. The number of nitrogens with zero attached hydrogens (tertiary/aromatic N) is 2. The van der Waals surface area contributed by atoms with Crippen molar-refractivity contribution in [2.24, 2.45) is 0 Å². The monoisotopic (exact) mass is 381 g/mol. The van der Waals surface area contributed by atoms with Crippen molar-refractivity contribution in [2.45, 2.75) is 64.8 Å². The smallest absolute Gasteiger partial charge is 0.226 e. The lowest BCUT2D eigenvalue weighted by Gasteiger charge is -2.15. The van der Waals surface area contributed by atoms with Gasteiger partial charge in [-0.15, -0.1) is 11.3 Å². The summed E-state index contributed by atoms with van der Waals surface area (Å²) in [4.78, 5) is 18.3. The third-order valence-electron chi connectivity index (χ3n) is 5.65. The van der Waals surface area contributed by atoms with Gasteiger partial charge in [0, 0.05) is 28.9 Å². The fourth-order valence-electron chi connectivity index (χ4n) is 3.86. The largest absolute Gasteiger partial charge is 0.353 e. The quantitative estimate of drug-likeness (QED) is 0.642. The van der Waals surface area contributed by atoms with E-state index in [9.17, 15) is 4.79 Å². The highest BCUT2D eigenvalue weighted by Gasteiger charge is 2.17. The molecule has 1 aromatic carbocycles. The molecule has 0 bridgehead atoms. The number of carbonyl (C=O) groups is 1. The highest BCUT2D eigenvalue weighted by Crippen LogP contribution is 2.25. The molecule has 0 radical (unpaired) electrons. The van der Waals surface area contributed by atoms with Crippen molar-refractivity contribution in [2.75, 3.05) is 0 Å². The molecule has 1 aliphatic carbocycles. The molecule has 27 heavy (non-hydrogen) atoms. The number of rotatable bonds is 4. The van der Waals surface area contributed by atoms with Gasteiger partial charge < -0.3 is 5.32 Å². The van der Waals surface area contributed by atoms with Gasteiger partial charge in [-0.2, -0.15) is 0 Å². The Balaban J connectivity index is 1.50. The lowest BCUT2D eigenvalue weighted by atomic mass is 10.0. The Labute approximate surface area is 164 Å². The maximum Gasteiger partial charge on any atom is 0.226 e. The molecule has 2 aromatic heterocycles. The Morgan fingerprint density at radius 1 is 1.19 bits per heavy atom. The maximum atomic E-state index is 12.6. The molecule has 4 nitrogen and oxygen atoms in total. The summed E-state index contributed by atoms with van der Waals surface area (Å²) >= 11 is 1.60. The van der Waals surface area contributed by atoms with Crippen LogP contribution in [0.1, 0.15) is 55.3 Å². The van der Waals surface area contributed by atoms with Crippen LogP contribution in [0.15, 0.2) is 29.8 Å². The van der Waals surface area contributed by atoms with Crippen molar-refractivity contribution in [1.29, 1.82) is 0 Å². The molecular formula is C22H27N3OS. The second-order valence-corrected chi connectivity index (χ2v) is 8.57. The minimum absolute atomic E-state index is 0.128. The van der Waals surface area contributed by atoms with E-state index in [4.69, 9.17) is 4.98 Å². The fourth-order valence-corrected chi connectivity index (χ4v) is 4.74. The Bertz CT molecular complexity index is 948. The first-order valence-corrected chi connectivity index (χ1v) is 10.8. The normalized spacial score (nSPS) is 15.8. The van der Waals surface area contributed by atoms with Gasteiger partial charge >= 0.3 is 0 Å². The number of hydrogen-bond acceptors (Lipinski definition) is 3. The molecule has 1 fully saturated rings. The van der Waals surface area contributed by atoms with Gasteiger partial charge in [0.15, 0.2) is 4.96 Å². The van der Waals surface area contributed by atoms with Crippen LogP contribution in [-0.4, -0.2) is 21.3 Å². The molecule has 4 rings (SSSR count). The molecule has 0 aliphatic heterocycles. The van der Waals surface area contributed by atoms with E-state index in [0.717, 1.165) is 34.8 Å². The number of hydrogen-bond donors (Lipinski definition) is 1. The minimum atomic E-state index is 0.128. The predicted molar refractivity (Wildman–Crippen MR) is 111 cm³/mol. The number of aryl methyl sites for hydroxylation is 2. The predicted octanol–water partition coefficient (Wildman–Crippen LogP) is 5.06. The lowest BCUT2D eigenvalue weighted by molar-refractivity contribution is -0.121. The van der Waals surface area contributed by atoms with Gasteiger partial charge in [0.25, 0.3) is 0 Å². The van der Waals surface area contributed by atoms with Gasteiger partial charge in [0.2, 0.25) is 5.91 Å². The van der Waals surface area contributed by atoms with E-state index in [1.54, 1.807) is 11.3 Å². The van der Waals surface area contributed by atoms with E-state index in [-0.39, 0.29) is 5.91 Å². The SMILES string of the molecule is Cc1ccc(-c2cn3c(CC(=O)NC4CCCCCC4)csc3n2)cc1C. The van der Waals surface area contributed by atoms with Gasteiger partial charge in [-0.1, -0.05) is 37.8 Å². The molecule has 0 saturated heterocycles. The van der Waals surface area contributed by atoms with Crippen LogP contribution in [0.2, 0.25) is 0 Å². The van der Waals surface area contributed by atoms with Crippen molar-refractivity contribution >= 4 is 22.2 Å². The maximum absolute atomic E-state index is 12.6. The molecule has 142 valence electrons. The van der Waals surface area contributed by atoms with Crippen LogP contribution in [0, 0.1) is 13.8 Å². The average Bonchev–Trinajstić information content (AvgIpc) is 3.12. The Kier molecular flexibility index (Phi) is 5.30. The van der Waals surface area contributed by atoms with Gasteiger partial charge in [0.05, 0.1) is 12.1 Å². The van der Waals surface area contributed by atoms with E-state index in [1.165, 1.54) is 36.8 Å². The fraction of sp³-hybridized carbons (Fsp3) is 0.455. The van der Waals surface area contributed by atoms with Crippen LogP contribution in [0.5, 0.6) is 0 Å². The second-order valence-electron chi connectivity index (χ2n) is 7.74. The third kappa shape index (κ3) is 4.08. The molecule has 1 amide bonds. The molecule has 0 unspecified atom stereocenters. The van der Waals surface area contributed by atoms with Gasteiger partial charge in [-0.3, -0.25) is 9.20 Å². The highest BCUT2D eigenvalue weighted by atomic mass is 32.1. The highest BCUT2D eigenvalue weighted by molar-refractivity contribution is 7.15. The van der Waals surface area contributed by atoms with Crippen molar-refractivity contribution in [1.82, 2.24) is 14.7 Å². The number of fused-ring (bicyclic) bond motifs is 1. The second kappa shape index (κ2) is 7.85. The molecular weight excluding hydrogens is 354 g/mol. The zero-order valence-corrected chi connectivity index (χ0v) is 16.9. The number of carbonyl (C=O) groups excluding carboxylic acids is 1. The summed E-state index contributed by atoms with van der Waals surface area (Å²) < 4.78 is 2.07. The first-order chi connectivity index (χ1) is 13.1. The summed E-state index contributed by atoms with van der Waals surface area (Å²) in [5.41, 5.74) is 5.67. The van der Waals surface area contributed by atoms with E-state index in [1.807, 2.05) is 0 Å². The molecule has 1 aliphatic rings. The van der Waals surface area contributed by atoms with E-state index >= 15 is 0 Å². The van der Waals surface area contributed by atoms with Gasteiger partial charge in [-0.05, 0) is 43.9 Å². The number of imidazole rings is 1. The first-order valence-electron chi connectivity index (χ1n) is 9.92. The Morgan fingerprint density at radius 2 is 1.96 bits per heavy atom. The van der Waals surface area contributed by atoms with Crippen molar-refractivity contribution in [3.05, 3.63) is 46.6 Å². The van der Waals surface area contributed by atoms with Crippen LogP contribution < -0.4 is 5.32 Å². The summed E-state index contributed by atoms with van der Waals surface area (Å²) in [5, 5.41) is 5.30. The van der Waals surface area contributed by atoms with E-state index < -0.39 is 0 Å². The topological polar surface area (TPSA) is 46.4 Å². The Morgan fingerprint density at radius 3 is 2.70 bits per heavy atom. The summed E-state index contributed by atoms with van der Waals surface area (Å²) in [6, 6.07) is 6.79. The molecule has 3 aromatic rings. The zero-order valence-electron chi connectivity index (χ0n) is 16.1. The standard InChI is InChI=1S/C22H27N3OS/c1-15-9-10-17(11-16(15)2)20-13-25-19(14-27-22(25)24-20)12-21(26)23-18-7-5-3-4-6-8-18/h9-11,13-14,18H,3-8,12H2,1-2H3,(H,23,26). The zero-order chi connectivity index (χ0) is 18.8. The molecule has 0 atom stereocenters. The number of benzene rings is 1. The van der Waals surface area contributed by atoms with Gasteiger partial charge in [-0.25, -0.2) is 4.98 Å². The van der Waals surface area contributed by atoms with Crippen LogP contribution in [0.25, 0.3) is 16.2 Å². The molecule has 1 N–H and O–H groups in total. The van der Waals surface area contributed by atoms with Crippen LogP contribution in [0.4, 0.5) is 0 Å². The third-order valence-corrected chi connectivity index (χ3v) is 6.54. The summed E-state index contributed by atoms with van der Waals surface area (Å²) in [6.07, 6.45) is 9.77. The van der Waals surface area contributed by atoms with E-state index in [0.29, 0.717) is 12.5 Å². The molecule has 0 spiro atoms. The number of nitrogens with one attached hydrogen (secondary N) is 1. The van der Waals surface area contributed by atoms with Crippen molar-refractivity contribution < 1.29 is 4.79 Å². The van der Waals surface area contributed by atoms with Crippen LogP contribution in [-0.2, 0) is 11.2 Å². The number of aromatic nitrogens is 2. The summed E-state index contributed by atoms with van der Waals surface area (Å²) in [5.74, 6) is 0.128. The van der Waals surface area contributed by atoms with Gasteiger partial charge in [0.1, 0.15) is 0 Å². The molecule has 2 heterocycles. The van der Waals surface area contributed by atoms with Crippen molar-refractivity contribution in [3.8, 4) is 11.3 Å². The number of thiazole rings is 1. The summed E-state index contributed by atoms with van der Waals surface area (Å²) in [6.45, 7) is 4.25. The lowest BCUT2D eigenvalue weighted by Crippen LogP contribution is -2.35. The van der Waals surface area contributed by atoms with E-state index in [2.05, 4.69) is 53.3 Å². The Hall–Kier alpha value is -2.14. The summed E-state index contributed by atoms with van der Waals surface area (Å²) in [7, 11) is 0. The average molecular weight is 382 g/mol. The molecule has 5 heteroatoms. The number of amides is 1.